The summed E-state index contributed by atoms with van der Waals surface area (Å²) in [6.45, 7) is 3.53. The van der Waals surface area contributed by atoms with Crippen LogP contribution < -0.4 is 15.4 Å². The normalized spacial score (nSPS) is 12.9. The van der Waals surface area contributed by atoms with Crippen LogP contribution in [0.2, 0.25) is 0 Å². The lowest BCUT2D eigenvalue weighted by Crippen LogP contribution is -2.37. The van der Waals surface area contributed by atoms with E-state index in [1.807, 2.05) is 30.3 Å². The van der Waals surface area contributed by atoms with Crippen molar-refractivity contribution >= 4 is 12.0 Å². The minimum atomic E-state index is -4.59. The van der Waals surface area contributed by atoms with Gasteiger partial charge in [0.05, 0.1) is 24.6 Å². The average Bonchev–Trinajstić information content (AvgIpc) is 2.89. The first-order valence-electron chi connectivity index (χ1n) is 11.8. The second-order valence-electron chi connectivity index (χ2n) is 8.59. The Kier molecular flexibility index (Phi) is 8.81. The van der Waals surface area contributed by atoms with Gasteiger partial charge in [-0.25, -0.2) is 4.79 Å². The second-order valence-corrected chi connectivity index (χ2v) is 8.59. The van der Waals surface area contributed by atoms with Gasteiger partial charge in [0.1, 0.15) is 5.75 Å². The van der Waals surface area contributed by atoms with Crippen molar-refractivity contribution in [2.24, 2.45) is 0 Å². The lowest BCUT2D eigenvalue weighted by molar-refractivity contribution is -0.139. The molecule has 0 saturated heterocycles. The first-order chi connectivity index (χ1) is 17.5. The number of alkyl halides is 3. The summed E-state index contributed by atoms with van der Waals surface area (Å²) in [7, 11) is 1.43. The van der Waals surface area contributed by atoms with E-state index >= 15 is 0 Å². The molecule has 9 heteroatoms. The second kappa shape index (κ2) is 11.8. The number of carboxylic acids is 1. The van der Waals surface area contributed by atoms with Crippen LogP contribution in [0.4, 0.5) is 18.0 Å². The third-order valence-electron chi connectivity index (χ3n) is 6.15. The number of carbonyl (C=O) groups is 2. The minimum Gasteiger partial charge on any atom is -0.496 e. The summed E-state index contributed by atoms with van der Waals surface area (Å²) in [6.07, 6.45) is -4.29. The number of benzene rings is 3. The van der Waals surface area contributed by atoms with Crippen LogP contribution in [0.15, 0.2) is 66.7 Å². The van der Waals surface area contributed by atoms with Crippen LogP contribution in [-0.4, -0.2) is 24.2 Å². The number of rotatable bonds is 9. The van der Waals surface area contributed by atoms with Crippen LogP contribution in [0.3, 0.4) is 0 Å². The highest BCUT2D eigenvalue weighted by atomic mass is 19.4. The smallest absolute Gasteiger partial charge is 0.416 e. The number of ether oxygens (including phenoxy) is 1. The van der Waals surface area contributed by atoms with Gasteiger partial charge < -0.3 is 20.5 Å². The number of halogens is 3. The van der Waals surface area contributed by atoms with Crippen molar-refractivity contribution in [1.82, 2.24) is 10.6 Å². The summed E-state index contributed by atoms with van der Waals surface area (Å²) < 4.78 is 46.4. The summed E-state index contributed by atoms with van der Waals surface area (Å²) in [5, 5.41) is 15.0. The molecule has 0 fully saturated rings. The molecule has 0 radical (unpaired) electrons. The third kappa shape index (κ3) is 6.81. The maximum atomic E-state index is 13.7. The van der Waals surface area contributed by atoms with Crippen molar-refractivity contribution in [3.63, 3.8) is 0 Å². The van der Waals surface area contributed by atoms with Crippen LogP contribution >= 0.6 is 0 Å². The molecule has 2 atom stereocenters. The maximum Gasteiger partial charge on any atom is 0.416 e. The summed E-state index contributed by atoms with van der Waals surface area (Å²) in [4.78, 5) is 24.2. The zero-order valence-electron chi connectivity index (χ0n) is 20.7. The molecule has 0 saturated carbocycles. The number of hydrogen-bond acceptors (Lipinski definition) is 3. The Hall–Kier alpha value is -4.01. The van der Waals surface area contributed by atoms with E-state index in [9.17, 15) is 27.9 Å². The van der Waals surface area contributed by atoms with Gasteiger partial charge in [-0.2, -0.15) is 13.2 Å². The summed E-state index contributed by atoms with van der Waals surface area (Å²) >= 11 is 0. The molecule has 196 valence electrons. The average molecular weight is 515 g/mol. The number of nitrogens with one attached hydrogen (secondary N) is 2. The molecule has 6 nitrogen and oxygen atoms in total. The molecule has 3 aromatic rings. The quantitative estimate of drug-likeness (QED) is 0.303. The number of carbonyl (C=O) groups excluding carboxylic acids is 1. The molecule has 0 spiro atoms. The molecule has 0 aliphatic heterocycles. The van der Waals surface area contributed by atoms with Crippen molar-refractivity contribution in [2.75, 3.05) is 7.11 Å². The highest BCUT2D eigenvalue weighted by Crippen LogP contribution is 2.40. The van der Waals surface area contributed by atoms with E-state index in [2.05, 4.69) is 10.6 Å². The Morgan fingerprint density at radius 1 is 1.00 bits per heavy atom. The van der Waals surface area contributed by atoms with Gasteiger partial charge >= 0.3 is 18.2 Å². The molecule has 0 heterocycles. The molecule has 2 unspecified atom stereocenters. The molecule has 0 aliphatic carbocycles. The van der Waals surface area contributed by atoms with Crippen molar-refractivity contribution in [1.29, 1.82) is 0 Å². The SMILES string of the molecule is CCC(NC(=O)NCc1ccccc1)c1cc(C(F)(F)F)ccc1-c1cc(C(C)C(=O)O)ccc1OC. The van der Waals surface area contributed by atoms with Gasteiger partial charge in [0.2, 0.25) is 0 Å². The highest BCUT2D eigenvalue weighted by molar-refractivity contribution is 5.80. The highest BCUT2D eigenvalue weighted by Gasteiger charge is 2.32. The van der Waals surface area contributed by atoms with E-state index in [0.717, 1.165) is 17.7 Å². The molecule has 3 rings (SSSR count). The third-order valence-corrected chi connectivity index (χ3v) is 6.15. The molecule has 0 aliphatic rings. The molecule has 0 aromatic heterocycles. The molecule has 0 bridgehead atoms. The Morgan fingerprint density at radius 2 is 1.70 bits per heavy atom. The molecule has 3 N–H and O–H groups in total. The molecule has 37 heavy (non-hydrogen) atoms. The number of methoxy groups -OCH3 is 1. The van der Waals surface area contributed by atoms with Gasteiger partial charge in [0.15, 0.2) is 0 Å². The number of hydrogen-bond donors (Lipinski definition) is 3. The largest absolute Gasteiger partial charge is 0.496 e. The Bertz CT molecular complexity index is 1250. The number of amides is 2. The van der Waals surface area contributed by atoms with E-state index in [1.54, 1.807) is 25.1 Å². The molecular formula is C28H29F3N2O4. The minimum absolute atomic E-state index is 0.241. The fourth-order valence-corrected chi connectivity index (χ4v) is 4.01. The standard InChI is InChI=1S/C28H29F3N2O4/c1-4-24(33-27(36)32-16-18-8-6-5-7-9-18)22-15-20(28(29,30)31)11-12-21(22)23-14-19(17(2)26(34)35)10-13-25(23)37-3/h5-15,17,24H,4,16H2,1-3H3,(H,34,35)(H2,32,33,36). The van der Waals surface area contributed by atoms with Gasteiger partial charge in [-0.15, -0.1) is 0 Å². The number of carboxylic acid groups (broad SMARTS) is 1. The van der Waals surface area contributed by atoms with Crippen LogP contribution in [0, 0.1) is 0 Å². The summed E-state index contributed by atoms with van der Waals surface area (Å²) in [5.74, 6) is -1.51. The first kappa shape index (κ1) is 27.6. The lowest BCUT2D eigenvalue weighted by Gasteiger charge is -2.24. The van der Waals surface area contributed by atoms with Gasteiger partial charge in [0.25, 0.3) is 0 Å². The van der Waals surface area contributed by atoms with Gasteiger partial charge in [-0.05, 0) is 59.9 Å². The van der Waals surface area contributed by atoms with Crippen LogP contribution in [0.25, 0.3) is 11.1 Å². The lowest BCUT2D eigenvalue weighted by atomic mass is 9.89. The van der Waals surface area contributed by atoms with Gasteiger partial charge in [-0.3, -0.25) is 4.79 Å². The Labute approximate surface area is 213 Å². The Morgan fingerprint density at radius 3 is 2.30 bits per heavy atom. The van der Waals surface area contributed by atoms with Gasteiger partial charge in [0, 0.05) is 12.1 Å². The maximum absolute atomic E-state index is 13.7. The van der Waals surface area contributed by atoms with Crippen molar-refractivity contribution in [2.45, 2.75) is 44.9 Å². The van der Waals surface area contributed by atoms with Crippen LogP contribution in [0.1, 0.15) is 54.5 Å². The fraction of sp³-hybridized carbons (Fsp3) is 0.286. The Balaban J connectivity index is 2.04. The van der Waals surface area contributed by atoms with E-state index in [4.69, 9.17) is 4.74 Å². The topological polar surface area (TPSA) is 87.7 Å². The van der Waals surface area contributed by atoms with E-state index in [1.165, 1.54) is 20.1 Å². The van der Waals surface area contributed by atoms with Crippen molar-refractivity contribution in [3.05, 3.63) is 89.0 Å². The van der Waals surface area contributed by atoms with E-state index in [-0.39, 0.29) is 12.1 Å². The molecule has 3 aromatic carbocycles. The molecular weight excluding hydrogens is 485 g/mol. The van der Waals surface area contributed by atoms with Crippen molar-refractivity contribution in [3.8, 4) is 16.9 Å². The predicted molar refractivity (Wildman–Crippen MR) is 134 cm³/mol. The first-order valence-corrected chi connectivity index (χ1v) is 11.8. The van der Waals surface area contributed by atoms with E-state index in [0.29, 0.717) is 28.9 Å². The monoisotopic (exact) mass is 514 g/mol. The van der Waals surface area contributed by atoms with Crippen molar-refractivity contribution < 1.29 is 32.6 Å². The number of urea groups is 1. The predicted octanol–water partition coefficient (Wildman–Crippen LogP) is 6.52. The summed E-state index contributed by atoms with van der Waals surface area (Å²) in [6, 6.07) is 16.1. The number of aliphatic carboxylic acids is 1. The van der Waals surface area contributed by atoms with Crippen LogP contribution in [-0.2, 0) is 17.5 Å². The van der Waals surface area contributed by atoms with E-state index < -0.39 is 35.7 Å². The van der Waals surface area contributed by atoms with Gasteiger partial charge in [-0.1, -0.05) is 49.4 Å². The van der Waals surface area contributed by atoms with Crippen LogP contribution in [0.5, 0.6) is 5.75 Å². The molecule has 2 amide bonds. The zero-order chi connectivity index (χ0) is 27.2. The summed E-state index contributed by atoms with van der Waals surface area (Å²) in [5.41, 5.74) is 1.56. The fourth-order valence-electron chi connectivity index (χ4n) is 4.01. The zero-order valence-corrected chi connectivity index (χ0v) is 20.7.